The van der Waals surface area contributed by atoms with Gasteiger partial charge in [-0.1, -0.05) is 26.7 Å². The van der Waals surface area contributed by atoms with E-state index in [1.165, 1.54) is 0 Å². The predicted molar refractivity (Wildman–Crippen MR) is 90.6 cm³/mol. The van der Waals surface area contributed by atoms with Crippen molar-refractivity contribution in [3.8, 4) is 0 Å². The average Bonchev–Trinajstić information content (AvgIpc) is 2.89. The van der Waals surface area contributed by atoms with Crippen LogP contribution in [0.2, 0.25) is 0 Å². The van der Waals surface area contributed by atoms with E-state index < -0.39 is 29.9 Å². The summed E-state index contributed by atoms with van der Waals surface area (Å²) in [4.78, 5) is 28.1. The number of anilines is 1. The Kier molecular flexibility index (Phi) is 6.66. The Morgan fingerprint density at radius 3 is 2.64 bits per heavy atom. The minimum absolute atomic E-state index is 0.184. The summed E-state index contributed by atoms with van der Waals surface area (Å²) in [6, 6.07) is 0. The molecule has 0 saturated carbocycles. The maximum Gasteiger partial charge on any atom is 0.351 e. The van der Waals surface area contributed by atoms with Crippen LogP contribution in [0.25, 0.3) is 0 Å². The fourth-order valence-electron chi connectivity index (χ4n) is 3.03. The Hall–Kier alpha value is -1.80. The monoisotopic (exact) mass is 355 g/mol. The molecule has 0 spiro atoms. The van der Waals surface area contributed by atoms with E-state index in [-0.39, 0.29) is 24.1 Å². The fourth-order valence-corrected chi connectivity index (χ4v) is 3.03. The second kappa shape index (κ2) is 8.53. The van der Waals surface area contributed by atoms with Gasteiger partial charge in [0.2, 0.25) is 5.91 Å². The number of aromatic nitrogens is 2. The number of aliphatic hydroxyl groups is 1. The van der Waals surface area contributed by atoms with Gasteiger partial charge in [-0.15, -0.1) is 0 Å². The highest BCUT2D eigenvalue weighted by atomic mass is 19.1. The van der Waals surface area contributed by atoms with Crippen LogP contribution < -0.4 is 11.0 Å². The Morgan fingerprint density at radius 2 is 2.12 bits per heavy atom. The Labute approximate surface area is 146 Å². The smallest absolute Gasteiger partial charge is 0.351 e. The summed E-state index contributed by atoms with van der Waals surface area (Å²) >= 11 is 0. The van der Waals surface area contributed by atoms with Gasteiger partial charge in [0.15, 0.2) is 11.6 Å². The number of carbonyl (C=O) groups is 1. The van der Waals surface area contributed by atoms with E-state index in [1.54, 1.807) is 6.92 Å². The summed E-state index contributed by atoms with van der Waals surface area (Å²) in [5, 5.41) is 12.1. The first-order chi connectivity index (χ1) is 11.9. The van der Waals surface area contributed by atoms with Gasteiger partial charge < -0.3 is 15.2 Å². The minimum Gasteiger partial charge on any atom is -0.390 e. The lowest BCUT2D eigenvalue weighted by Crippen LogP contribution is -2.31. The topological polar surface area (TPSA) is 93.5 Å². The lowest BCUT2D eigenvalue weighted by Gasteiger charge is -2.17. The van der Waals surface area contributed by atoms with Gasteiger partial charge in [-0.05, 0) is 19.8 Å². The van der Waals surface area contributed by atoms with E-state index in [0.29, 0.717) is 12.8 Å². The molecule has 1 aromatic heterocycles. The van der Waals surface area contributed by atoms with E-state index in [0.717, 1.165) is 23.6 Å². The summed E-state index contributed by atoms with van der Waals surface area (Å²) in [5.41, 5.74) is -0.731. The van der Waals surface area contributed by atoms with Gasteiger partial charge in [0, 0.05) is 12.3 Å². The highest BCUT2D eigenvalue weighted by Gasteiger charge is 2.33. The highest BCUT2D eigenvalue weighted by molar-refractivity contribution is 5.91. The summed E-state index contributed by atoms with van der Waals surface area (Å²) in [5.74, 6) is -1.73. The van der Waals surface area contributed by atoms with Gasteiger partial charge in [0.1, 0.15) is 6.23 Å². The second-order valence-electron chi connectivity index (χ2n) is 6.49. The molecule has 2 rings (SSSR count). The van der Waals surface area contributed by atoms with E-state index in [1.807, 2.05) is 13.8 Å². The van der Waals surface area contributed by atoms with Crippen LogP contribution in [-0.4, -0.2) is 32.8 Å². The third-order valence-corrected chi connectivity index (χ3v) is 4.46. The number of hydrogen-bond donors (Lipinski definition) is 2. The van der Waals surface area contributed by atoms with Crippen molar-refractivity contribution in [3.05, 3.63) is 22.5 Å². The molecule has 25 heavy (non-hydrogen) atoms. The normalized spacial score (nSPS) is 23.2. The first kappa shape index (κ1) is 19.5. The number of carbonyl (C=O) groups excluding carboxylic acids is 1. The van der Waals surface area contributed by atoms with Gasteiger partial charge in [0.25, 0.3) is 0 Å². The van der Waals surface area contributed by atoms with Gasteiger partial charge >= 0.3 is 5.69 Å². The quantitative estimate of drug-likeness (QED) is 0.782. The van der Waals surface area contributed by atoms with Gasteiger partial charge in [-0.2, -0.15) is 4.98 Å². The standard InChI is InChI=1S/C17H26FN3O4/c1-4-6-11(7-5-2)16(23)19-15-12(18)9-21(17(24)20-15)14-8-13(22)10(3)25-14/h9-11,13-14,22H,4-8H2,1-3H3,(H,19,20,23,24)/t10-,13+,14-/m1/s1. The molecular weight excluding hydrogens is 329 g/mol. The number of aliphatic hydroxyl groups excluding tert-OH is 1. The van der Waals surface area contributed by atoms with E-state index in [9.17, 15) is 19.1 Å². The van der Waals surface area contributed by atoms with E-state index in [4.69, 9.17) is 4.74 Å². The van der Waals surface area contributed by atoms with Crippen LogP contribution in [0.4, 0.5) is 10.2 Å². The highest BCUT2D eigenvalue weighted by Crippen LogP contribution is 2.27. The van der Waals surface area contributed by atoms with E-state index >= 15 is 0 Å². The molecule has 7 nitrogen and oxygen atoms in total. The number of ether oxygens (including phenoxy) is 1. The Morgan fingerprint density at radius 1 is 1.48 bits per heavy atom. The van der Waals surface area contributed by atoms with Crippen molar-refractivity contribution in [1.29, 1.82) is 0 Å². The number of nitrogens with one attached hydrogen (secondary N) is 1. The largest absolute Gasteiger partial charge is 0.390 e. The number of nitrogens with zero attached hydrogens (tertiary/aromatic N) is 2. The average molecular weight is 355 g/mol. The molecule has 0 radical (unpaired) electrons. The van der Waals surface area contributed by atoms with Crippen molar-refractivity contribution < 1.29 is 19.0 Å². The third-order valence-electron chi connectivity index (χ3n) is 4.46. The molecule has 1 aliphatic heterocycles. The Balaban J connectivity index is 2.17. The van der Waals surface area contributed by atoms with Gasteiger partial charge in [0.05, 0.1) is 18.4 Å². The molecule has 0 aliphatic carbocycles. The SMILES string of the molecule is CCCC(CCC)C(=O)Nc1nc(=O)n([C@H]2C[C@H](O)[C@@H](C)O2)cc1F. The minimum atomic E-state index is -0.808. The van der Waals surface area contributed by atoms with Crippen molar-refractivity contribution in [2.24, 2.45) is 5.92 Å². The molecule has 1 aromatic rings. The molecular formula is C17H26FN3O4. The summed E-state index contributed by atoms with van der Waals surface area (Å²) in [6.07, 6.45) is 2.31. The number of hydrogen-bond acceptors (Lipinski definition) is 5. The molecule has 0 bridgehead atoms. The van der Waals surface area contributed by atoms with Crippen LogP contribution in [0.1, 0.15) is 59.1 Å². The molecule has 1 fully saturated rings. The lowest BCUT2D eigenvalue weighted by molar-refractivity contribution is -0.120. The first-order valence-corrected chi connectivity index (χ1v) is 8.80. The van der Waals surface area contributed by atoms with Crippen LogP contribution in [-0.2, 0) is 9.53 Å². The molecule has 140 valence electrons. The maximum absolute atomic E-state index is 14.3. The fraction of sp³-hybridized carbons (Fsp3) is 0.706. The molecule has 8 heteroatoms. The van der Waals surface area contributed by atoms with Crippen molar-refractivity contribution in [2.75, 3.05) is 5.32 Å². The van der Waals surface area contributed by atoms with Crippen LogP contribution in [0.5, 0.6) is 0 Å². The number of amides is 1. The predicted octanol–water partition coefficient (Wildman–Crippen LogP) is 2.21. The molecule has 1 amide bonds. The Bertz CT molecular complexity index is 648. The van der Waals surface area contributed by atoms with Crippen LogP contribution in [0.3, 0.4) is 0 Å². The summed E-state index contributed by atoms with van der Waals surface area (Å²) in [6.45, 7) is 5.63. The molecule has 0 unspecified atom stereocenters. The molecule has 2 heterocycles. The zero-order chi connectivity index (χ0) is 18.6. The lowest BCUT2D eigenvalue weighted by atomic mass is 9.97. The number of halogens is 1. The van der Waals surface area contributed by atoms with Crippen molar-refractivity contribution in [2.45, 2.75) is 71.3 Å². The summed E-state index contributed by atoms with van der Waals surface area (Å²) in [7, 11) is 0. The summed E-state index contributed by atoms with van der Waals surface area (Å²) < 4.78 is 20.8. The van der Waals surface area contributed by atoms with Crippen LogP contribution >= 0.6 is 0 Å². The molecule has 2 N–H and O–H groups in total. The van der Waals surface area contributed by atoms with Crippen LogP contribution in [0, 0.1) is 11.7 Å². The zero-order valence-electron chi connectivity index (χ0n) is 14.9. The van der Waals surface area contributed by atoms with Crippen molar-refractivity contribution >= 4 is 11.7 Å². The molecule has 1 aliphatic rings. The van der Waals surface area contributed by atoms with Crippen LogP contribution in [0.15, 0.2) is 11.0 Å². The van der Waals surface area contributed by atoms with E-state index in [2.05, 4.69) is 10.3 Å². The van der Waals surface area contributed by atoms with Crippen molar-refractivity contribution in [3.63, 3.8) is 0 Å². The second-order valence-corrected chi connectivity index (χ2v) is 6.49. The first-order valence-electron chi connectivity index (χ1n) is 8.80. The molecule has 0 aromatic carbocycles. The molecule has 3 atom stereocenters. The zero-order valence-corrected chi connectivity index (χ0v) is 14.9. The maximum atomic E-state index is 14.3. The van der Waals surface area contributed by atoms with Gasteiger partial charge in [-0.3, -0.25) is 9.36 Å². The van der Waals surface area contributed by atoms with Gasteiger partial charge in [-0.25, -0.2) is 9.18 Å². The molecule has 1 saturated heterocycles. The number of rotatable bonds is 7. The third kappa shape index (κ3) is 4.64. The van der Waals surface area contributed by atoms with Crippen molar-refractivity contribution in [1.82, 2.24) is 9.55 Å².